The van der Waals surface area contributed by atoms with Gasteiger partial charge in [0, 0.05) is 37.5 Å². The number of esters is 2. The lowest BCUT2D eigenvalue weighted by molar-refractivity contribution is -0.270. The summed E-state index contributed by atoms with van der Waals surface area (Å²) in [5.41, 5.74) is -0.317. The number of aliphatic hydroxyl groups is 2. The predicted octanol–water partition coefficient (Wildman–Crippen LogP) is 2.43. The molecule has 2 saturated carbocycles. The van der Waals surface area contributed by atoms with Crippen LogP contribution in [0.25, 0.3) is 0 Å². The van der Waals surface area contributed by atoms with Crippen LogP contribution >= 0.6 is 7.60 Å². The topological polar surface area (TPSA) is 147 Å². The summed E-state index contributed by atoms with van der Waals surface area (Å²) in [6.07, 6.45) is 2.02. The highest BCUT2D eigenvalue weighted by molar-refractivity contribution is 7.53. The molecule has 1 spiro atoms. The summed E-state index contributed by atoms with van der Waals surface area (Å²) in [7, 11) is -0.781. The van der Waals surface area contributed by atoms with Crippen LogP contribution in [-0.2, 0) is 42.1 Å². The molecule has 0 bridgehead atoms. The highest BCUT2D eigenvalue weighted by Crippen LogP contribution is 2.48. The number of carbonyl (C=O) groups is 2. The number of aliphatic hydroxyl groups excluding tert-OH is 2. The Labute approximate surface area is 218 Å². The molecule has 0 aromatic rings. The first-order valence-corrected chi connectivity index (χ1v) is 14.6. The maximum absolute atomic E-state index is 12.4. The first-order valence-electron chi connectivity index (χ1n) is 12.8. The van der Waals surface area contributed by atoms with Gasteiger partial charge in [-0.05, 0) is 38.5 Å². The first kappa shape index (κ1) is 30.2. The van der Waals surface area contributed by atoms with Crippen molar-refractivity contribution in [3.05, 3.63) is 12.7 Å². The van der Waals surface area contributed by atoms with Crippen molar-refractivity contribution in [2.45, 2.75) is 70.1 Å². The molecule has 0 aromatic heterocycles. The van der Waals surface area contributed by atoms with E-state index >= 15 is 0 Å². The van der Waals surface area contributed by atoms with Gasteiger partial charge >= 0.3 is 19.5 Å². The van der Waals surface area contributed by atoms with Crippen LogP contribution in [0.1, 0.15) is 45.4 Å². The maximum Gasteiger partial charge on any atom is 0.331 e. The van der Waals surface area contributed by atoms with Crippen molar-refractivity contribution in [2.24, 2.45) is 23.2 Å². The van der Waals surface area contributed by atoms with Gasteiger partial charge < -0.3 is 38.2 Å². The van der Waals surface area contributed by atoms with Crippen LogP contribution in [0.5, 0.6) is 0 Å². The molecule has 0 amide bonds. The average molecular weight is 549 g/mol. The molecule has 3 fully saturated rings. The molecule has 6 atom stereocenters. The molecular formula is C25H41O11P. The number of hydrogen-bond donors (Lipinski definition) is 2. The van der Waals surface area contributed by atoms with Crippen LogP contribution in [0.4, 0.5) is 0 Å². The van der Waals surface area contributed by atoms with Gasteiger partial charge in [0.1, 0.15) is 6.10 Å². The summed E-state index contributed by atoms with van der Waals surface area (Å²) in [5, 5.41) is 21.2. The van der Waals surface area contributed by atoms with Gasteiger partial charge in [-0.2, -0.15) is 0 Å². The zero-order chi connectivity index (χ0) is 27.2. The van der Waals surface area contributed by atoms with E-state index in [4.69, 9.17) is 28.0 Å². The molecule has 11 nitrogen and oxygen atoms in total. The van der Waals surface area contributed by atoms with Gasteiger partial charge in [0.15, 0.2) is 6.29 Å². The number of rotatable bonds is 10. The summed E-state index contributed by atoms with van der Waals surface area (Å²) < 4.78 is 44.8. The van der Waals surface area contributed by atoms with Gasteiger partial charge in [0.25, 0.3) is 0 Å². The third-order valence-corrected chi connectivity index (χ3v) is 9.96. The minimum Gasteiger partial charge on any atom is -0.465 e. The Hall–Kier alpha value is -1.33. The molecule has 12 heteroatoms. The molecule has 0 radical (unpaired) electrons. The molecule has 2 N–H and O–H groups in total. The van der Waals surface area contributed by atoms with Crippen molar-refractivity contribution in [3.63, 3.8) is 0 Å². The van der Waals surface area contributed by atoms with E-state index in [0.29, 0.717) is 45.3 Å². The second kappa shape index (κ2) is 13.2. The van der Waals surface area contributed by atoms with E-state index in [2.05, 4.69) is 6.58 Å². The SMILES string of the molecule is C=CC(=O)OC1CCC(C2OCC3(CCC(COC(=O)C(C)CP(=O)(OC)OC)C(O)C3)CO2)CC1O. The largest absolute Gasteiger partial charge is 0.465 e. The Bertz CT molecular complexity index is 832. The van der Waals surface area contributed by atoms with Crippen molar-refractivity contribution in [1.82, 2.24) is 0 Å². The smallest absolute Gasteiger partial charge is 0.331 e. The lowest BCUT2D eigenvalue weighted by Crippen LogP contribution is -2.51. The fourth-order valence-corrected chi connectivity index (χ4v) is 6.70. The van der Waals surface area contributed by atoms with E-state index < -0.39 is 50.1 Å². The third kappa shape index (κ3) is 7.85. The highest BCUT2D eigenvalue weighted by atomic mass is 31.2. The Balaban J connectivity index is 1.42. The van der Waals surface area contributed by atoms with Gasteiger partial charge in [-0.3, -0.25) is 9.36 Å². The summed E-state index contributed by atoms with van der Waals surface area (Å²) in [6, 6.07) is 0. The molecule has 6 unspecified atom stereocenters. The third-order valence-electron chi connectivity index (χ3n) is 7.85. The first-order chi connectivity index (χ1) is 17.5. The van der Waals surface area contributed by atoms with Crippen LogP contribution in [0.3, 0.4) is 0 Å². The van der Waals surface area contributed by atoms with Crippen LogP contribution in [0, 0.1) is 23.2 Å². The number of ether oxygens (including phenoxy) is 4. The van der Waals surface area contributed by atoms with E-state index in [9.17, 15) is 24.4 Å². The van der Waals surface area contributed by atoms with E-state index in [1.165, 1.54) is 14.2 Å². The molecule has 3 aliphatic rings. The van der Waals surface area contributed by atoms with E-state index in [1.807, 2.05) is 0 Å². The quantitative estimate of drug-likeness (QED) is 0.236. The van der Waals surface area contributed by atoms with Gasteiger partial charge in [-0.1, -0.05) is 13.5 Å². The molecule has 1 aliphatic heterocycles. The van der Waals surface area contributed by atoms with Gasteiger partial charge in [-0.15, -0.1) is 0 Å². The van der Waals surface area contributed by atoms with Crippen molar-refractivity contribution < 1.29 is 52.4 Å². The summed E-state index contributed by atoms with van der Waals surface area (Å²) in [6.45, 7) is 5.93. The van der Waals surface area contributed by atoms with E-state index in [-0.39, 0.29) is 30.0 Å². The Morgan fingerprint density at radius 3 is 2.38 bits per heavy atom. The van der Waals surface area contributed by atoms with Crippen molar-refractivity contribution in [2.75, 3.05) is 40.2 Å². The molecule has 212 valence electrons. The fourth-order valence-electron chi connectivity index (χ4n) is 5.43. The molecule has 0 aromatic carbocycles. The van der Waals surface area contributed by atoms with E-state index in [1.54, 1.807) is 6.92 Å². The highest BCUT2D eigenvalue weighted by Gasteiger charge is 2.46. The second-order valence-corrected chi connectivity index (χ2v) is 12.9. The molecule has 1 heterocycles. The molecule has 37 heavy (non-hydrogen) atoms. The Morgan fingerprint density at radius 2 is 1.81 bits per heavy atom. The Kier molecular flexibility index (Phi) is 10.7. The molecule has 2 aliphatic carbocycles. The van der Waals surface area contributed by atoms with Gasteiger partial charge in [-0.25, -0.2) is 4.79 Å². The van der Waals surface area contributed by atoms with Crippen LogP contribution < -0.4 is 0 Å². The van der Waals surface area contributed by atoms with Gasteiger partial charge in [0.2, 0.25) is 0 Å². The van der Waals surface area contributed by atoms with E-state index in [0.717, 1.165) is 12.5 Å². The monoisotopic (exact) mass is 548 g/mol. The minimum atomic E-state index is -3.33. The number of hydrogen-bond acceptors (Lipinski definition) is 11. The predicted molar refractivity (Wildman–Crippen MR) is 132 cm³/mol. The zero-order valence-electron chi connectivity index (χ0n) is 21.9. The molecule has 1 saturated heterocycles. The normalized spacial score (nSPS) is 35.5. The second-order valence-electron chi connectivity index (χ2n) is 10.6. The Morgan fingerprint density at radius 1 is 1.14 bits per heavy atom. The minimum absolute atomic E-state index is 0.0137. The lowest BCUT2D eigenvalue weighted by atomic mass is 9.69. The zero-order valence-corrected chi connectivity index (χ0v) is 22.8. The summed E-state index contributed by atoms with van der Waals surface area (Å²) in [4.78, 5) is 23.8. The lowest BCUT2D eigenvalue weighted by Gasteiger charge is -2.48. The number of carbonyl (C=O) groups excluding carboxylic acids is 2. The van der Waals surface area contributed by atoms with Gasteiger partial charge in [0.05, 0.1) is 44.1 Å². The fraction of sp³-hybridized carbons (Fsp3) is 0.840. The van der Waals surface area contributed by atoms with Crippen molar-refractivity contribution >= 4 is 19.5 Å². The van der Waals surface area contributed by atoms with Crippen molar-refractivity contribution in [1.29, 1.82) is 0 Å². The maximum atomic E-state index is 12.4. The van der Waals surface area contributed by atoms with Crippen LogP contribution in [0.15, 0.2) is 12.7 Å². The summed E-state index contributed by atoms with van der Waals surface area (Å²) >= 11 is 0. The summed E-state index contributed by atoms with van der Waals surface area (Å²) in [5.74, 6) is -1.95. The molecular weight excluding hydrogens is 507 g/mol. The van der Waals surface area contributed by atoms with Crippen LogP contribution in [0.2, 0.25) is 0 Å². The van der Waals surface area contributed by atoms with Crippen LogP contribution in [-0.4, -0.2) is 87.0 Å². The molecule has 3 rings (SSSR count). The standard InChI is InChI=1S/C25H41O11P/c1-5-22(28)36-21-7-6-17(10-19(21)26)24-34-14-25(15-35-24)9-8-18(20(27)11-25)12-33-23(29)16(2)13-37(30,31-3)32-4/h5,16-21,24,26-27H,1,6-15H2,2-4H3. The van der Waals surface area contributed by atoms with Crippen molar-refractivity contribution in [3.8, 4) is 0 Å². The average Bonchev–Trinajstić information content (AvgIpc) is 2.89.